The second-order valence-corrected chi connectivity index (χ2v) is 4.91. The summed E-state index contributed by atoms with van der Waals surface area (Å²) in [4.78, 5) is 11.1. The van der Waals surface area contributed by atoms with Crippen LogP contribution < -0.4 is 0 Å². The highest BCUT2D eigenvalue weighted by molar-refractivity contribution is 7.48. The maximum Gasteiger partial charge on any atom is 0.477 e. The smallest absolute Gasteiger partial charge is 0.435 e. The van der Waals surface area contributed by atoms with Crippen LogP contribution in [0.5, 0.6) is 0 Å². The molecule has 0 heterocycles. The van der Waals surface area contributed by atoms with Gasteiger partial charge in [0.15, 0.2) is 0 Å². The Balaban J connectivity index is 4.19. The largest absolute Gasteiger partial charge is 0.477 e. The summed E-state index contributed by atoms with van der Waals surface area (Å²) in [6.07, 6.45) is -0.981. The Kier molecular flexibility index (Phi) is 6.05. The number of carbonyl (C=O) groups is 1. The lowest BCUT2D eigenvalue weighted by atomic mass is 10.2. The average Bonchev–Trinajstić information content (AvgIpc) is 2.17. The predicted molar refractivity (Wildman–Crippen MR) is 53.1 cm³/mol. The maximum absolute atomic E-state index is 11.5. The van der Waals surface area contributed by atoms with Crippen LogP contribution in [-0.2, 0) is 27.7 Å². The molecule has 0 saturated heterocycles. The van der Waals surface area contributed by atoms with Crippen LogP contribution in [0.3, 0.4) is 0 Å². The lowest BCUT2D eigenvalue weighted by Crippen LogP contribution is -2.21. The van der Waals surface area contributed by atoms with Crippen LogP contribution in [0.4, 0.5) is 0 Å². The first-order valence-electron chi connectivity index (χ1n) is 4.45. The van der Waals surface area contributed by atoms with Gasteiger partial charge in [0.25, 0.3) is 0 Å². The Hall–Kier alpha value is -0.420. The zero-order valence-electron chi connectivity index (χ0n) is 9.55. The summed E-state index contributed by atoms with van der Waals surface area (Å²) in [7, 11) is -1.24. The molecule has 0 aliphatic rings. The summed E-state index contributed by atoms with van der Waals surface area (Å²) in [6, 6.07) is 0. The van der Waals surface area contributed by atoms with Crippen molar-refractivity contribution in [3.05, 3.63) is 0 Å². The van der Waals surface area contributed by atoms with Gasteiger partial charge in [-0.3, -0.25) is 13.8 Å². The van der Waals surface area contributed by atoms with E-state index in [1.807, 2.05) is 0 Å². The summed E-state index contributed by atoms with van der Waals surface area (Å²) in [6.45, 7) is 4.80. The van der Waals surface area contributed by atoms with E-state index < -0.39 is 20.1 Å². The normalized spacial score (nSPS) is 14.0. The fourth-order valence-corrected chi connectivity index (χ4v) is 1.39. The van der Waals surface area contributed by atoms with Gasteiger partial charge in [-0.05, 0) is 6.92 Å². The molecule has 0 amide bonds. The Bertz CT molecular complexity index is 244. The van der Waals surface area contributed by atoms with Crippen LogP contribution in [-0.4, -0.2) is 26.5 Å². The van der Waals surface area contributed by atoms with E-state index in [0.29, 0.717) is 0 Å². The second kappa shape index (κ2) is 6.23. The Labute approximate surface area is 89.5 Å². The van der Waals surface area contributed by atoms with Crippen molar-refractivity contribution in [3.8, 4) is 0 Å². The van der Waals surface area contributed by atoms with E-state index in [1.54, 1.807) is 13.8 Å². The molecule has 0 N–H and O–H groups in total. The highest BCUT2D eigenvalue weighted by Gasteiger charge is 2.28. The molecule has 7 heteroatoms. The third-order valence-electron chi connectivity index (χ3n) is 1.48. The molecular formula is C8H17O6P. The molecule has 0 aromatic heterocycles. The summed E-state index contributed by atoms with van der Waals surface area (Å²) in [5, 5.41) is 0. The van der Waals surface area contributed by atoms with Crippen molar-refractivity contribution < 1.29 is 27.7 Å². The van der Waals surface area contributed by atoms with Gasteiger partial charge in [-0.25, -0.2) is 9.09 Å². The van der Waals surface area contributed by atoms with Crippen molar-refractivity contribution in [1.29, 1.82) is 0 Å². The van der Waals surface area contributed by atoms with Gasteiger partial charge in [0, 0.05) is 14.2 Å². The standard InChI is InChI=1S/C8H17O6P/c1-6(2)8(9)13-7(3)14-15(10,11-4)12-5/h6-7H,1-5H3. The molecule has 6 nitrogen and oxygen atoms in total. The molecule has 15 heavy (non-hydrogen) atoms. The van der Waals surface area contributed by atoms with Crippen LogP contribution in [0.15, 0.2) is 0 Å². The maximum atomic E-state index is 11.5. The van der Waals surface area contributed by atoms with Gasteiger partial charge >= 0.3 is 13.8 Å². The zero-order chi connectivity index (χ0) is 12.1. The minimum Gasteiger partial charge on any atom is -0.435 e. The van der Waals surface area contributed by atoms with Crippen molar-refractivity contribution in [1.82, 2.24) is 0 Å². The van der Waals surface area contributed by atoms with Crippen molar-refractivity contribution in [3.63, 3.8) is 0 Å². The van der Waals surface area contributed by atoms with Gasteiger partial charge in [0.05, 0.1) is 5.92 Å². The first kappa shape index (κ1) is 14.6. The number of rotatable bonds is 6. The Morgan fingerprint density at radius 3 is 1.93 bits per heavy atom. The van der Waals surface area contributed by atoms with Crippen molar-refractivity contribution >= 4 is 13.8 Å². The molecule has 0 rings (SSSR count). The van der Waals surface area contributed by atoms with Gasteiger partial charge in [0.2, 0.25) is 6.29 Å². The lowest BCUT2D eigenvalue weighted by Gasteiger charge is -2.19. The summed E-state index contributed by atoms with van der Waals surface area (Å²) < 4.78 is 30.1. The van der Waals surface area contributed by atoms with Crippen molar-refractivity contribution in [2.24, 2.45) is 5.92 Å². The summed E-state index contributed by atoms with van der Waals surface area (Å²) in [5.41, 5.74) is 0. The van der Waals surface area contributed by atoms with Gasteiger partial charge in [-0.15, -0.1) is 0 Å². The van der Waals surface area contributed by atoms with Crippen molar-refractivity contribution in [2.75, 3.05) is 14.2 Å². The van der Waals surface area contributed by atoms with E-state index in [2.05, 4.69) is 9.05 Å². The van der Waals surface area contributed by atoms with E-state index in [9.17, 15) is 9.36 Å². The number of phosphoric acid groups is 1. The first-order chi connectivity index (χ1) is 6.84. The molecule has 1 atom stereocenters. The van der Waals surface area contributed by atoms with Crippen LogP contribution >= 0.6 is 7.82 Å². The molecule has 0 aliphatic heterocycles. The third-order valence-corrected chi connectivity index (χ3v) is 2.93. The number of phosphoric ester groups is 1. The van der Waals surface area contributed by atoms with Crippen LogP contribution in [0.2, 0.25) is 0 Å². The van der Waals surface area contributed by atoms with Gasteiger partial charge in [-0.2, -0.15) is 0 Å². The number of hydrogen-bond acceptors (Lipinski definition) is 6. The number of esters is 1. The molecule has 0 fully saturated rings. The molecule has 1 unspecified atom stereocenters. The number of hydrogen-bond donors (Lipinski definition) is 0. The zero-order valence-corrected chi connectivity index (χ0v) is 10.4. The molecule has 0 bridgehead atoms. The highest BCUT2D eigenvalue weighted by Crippen LogP contribution is 2.48. The fourth-order valence-electron chi connectivity index (χ4n) is 0.664. The second-order valence-electron chi connectivity index (χ2n) is 3.08. The molecule has 0 saturated carbocycles. The minimum atomic E-state index is -3.60. The Morgan fingerprint density at radius 1 is 1.13 bits per heavy atom. The Morgan fingerprint density at radius 2 is 1.60 bits per heavy atom. The molecule has 0 aliphatic carbocycles. The predicted octanol–water partition coefficient (Wildman–Crippen LogP) is 1.95. The van der Waals surface area contributed by atoms with Gasteiger partial charge in [0.1, 0.15) is 0 Å². The van der Waals surface area contributed by atoms with E-state index in [-0.39, 0.29) is 5.92 Å². The monoisotopic (exact) mass is 240 g/mol. The van der Waals surface area contributed by atoms with E-state index in [4.69, 9.17) is 9.26 Å². The molecule has 0 aromatic rings. The quantitative estimate of drug-likeness (QED) is 0.401. The van der Waals surface area contributed by atoms with Gasteiger partial charge < -0.3 is 4.74 Å². The third kappa shape index (κ3) is 5.28. The molecular weight excluding hydrogens is 223 g/mol. The van der Waals surface area contributed by atoms with Crippen LogP contribution in [0, 0.1) is 5.92 Å². The molecule has 0 radical (unpaired) electrons. The van der Waals surface area contributed by atoms with Crippen LogP contribution in [0.25, 0.3) is 0 Å². The fraction of sp³-hybridized carbons (Fsp3) is 0.875. The number of ether oxygens (including phenoxy) is 1. The summed E-state index contributed by atoms with van der Waals surface area (Å²) >= 11 is 0. The van der Waals surface area contributed by atoms with E-state index >= 15 is 0 Å². The molecule has 0 aromatic carbocycles. The van der Waals surface area contributed by atoms with Crippen LogP contribution in [0.1, 0.15) is 20.8 Å². The topological polar surface area (TPSA) is 71.1 Å². The highest BCUT2D eigenvalue weighted by atomic mass is 31.2. The average molecular weight is 240 g/mol. The van der Waals surface area contributed by atoms with E-state index in [1.165, 1.54) is 21.1 Å². The van der Waals surface area contributed by atoms with Crippen molar-refractivity contribution in [2.45, 2.75) is 27.1 Å². The van der Waals surface area contributed by atoms with Gasteiger partial charge in [-0.1, -0.05) is 13.8 Å². The minimum absolute atomic E-state index is 0.277. The molecule has 0 spiro atoms. The SMILES string of the molecule is COP(=O)(OC)OC(C)OC(=O)C(C)C. The van der Waals surface area contributed by atoms with E-state index in [0.717, 1.165) is 0 Å². The first-order valence-corrected chi connectivity index (χ1v) is 5.91. The lowest BCUT2D eigenvalue weighted by molar-refractivity contribution is -0.167. The molecule has 90 valence electrons. The summed E-state index contributed by atoms with van der Waals surface area (Å²) in [5.74, 6) is -0.721. The number of carbonyl (C=O) groups excluding carboxylic acids is 1.